The fourth-order valence-corrected chi connectivity index (χ4v) is 3.67. The maximum atomic E-state index is 5.59. The van der Waals surface area contributed by atoms with Gasteiger partial charge in [0.1, 0.15) is 11.5 Å². The van der Waals surface area contributed by atoms with Gasteiger partial charge in [-0.1, -0.05) is 24.1 Å². The van der Waals surface area contributed by atoms with Crippen molar-refractivity contribution in [1.82, 2.24) is 14.4 Å². The topological polar surface area (TPSA) is 42.2 Å². The van der Waals surface area contributed by atoms with Gasteiger partial charge in [0, 0.05) is 23.5 Å². The van der Waals surface area contributed by atoms with Crippen LogP contribution in [0.3, 0.4) is 0 Å². The molecule has 134 valence electrons. The molecule has 5 heteroatoms. The third-order valence-electron chi connectivity index (χ3n) is 4.07. The first-order valence-electron chi connectivity index (χ1n) is 8.71. The van der Waals surface area contributed by atoms with E-state index in [-0.39, 0.29) is 5.54 Å². The van der Waals surface area contributed by atoms with Crippen LogP contribution in [0, 0.1) is 12.3 Å². The van der Waals surface area contributed by atoms with Crippen LogP contribution in [-0.2, 0) is 0 Å². The molecule has 2 aliphatic rings. The lowest BCUT2D eigenvalue weighted by Crippen LogP contribution is -2.27. The van der Waals surface area contributed by atoms with Crippen LogP contribution in [0.15, 0.2) is 54.3 Å². The molecule has 1 N–H and O–H groups in total. The van der Waals surface area contributed by atoms with E-state index < -0.39 is 0 Å². The molecule has 0 unspecified atom stereocenters. The molecule has 3 aromatic heterocycles. The van der Waals surface area contributed by atoms with Gasteiger partial charge in [-0.25, -0.2) is 4.98 Å². The van der Waals surface area contributed by atoms with Crippen molar-refractivity contribution in [2.45, 2.75) is 26.3 Å². The van der Waals surface area contributed by atoms with Crippen molar-refractivity contribution >= 4 is 22.8 Å². The molecule has 0 bridgehead atoms. The van der Waals surface area contributed by atoms with Gasteiger partial charge in [-0.05, 0) is 49.4 Å². The zero-order chi connectivity index (χ0) is 19.0. The number of aromatic nitrogens is 3. The summed E-state index contributed by atoms with van der Waals surface area (Å²) in [5.74, 6) is 3.67. The van der Waals surface area contributed by atoms with Gasteiger partial charge in [-0.15, -0.1) is 17.8 Å². The zero-order valence-corrected chi connectivity index (χ0v) is 16.3. The molecular formula is C22H20N4S. The lowest BCUT2D eigenvalue weighted by molar-refractivity contribution is 0.629. The number of hydrogen-bond acceptors (Lipinski definition) is 4. The average Bonchev–Trinajstić information content (AvgIpc) is 3.02. The lowest BCUT2D eigenvalue weighted by atomic mass is 10.1. The van der Waals surface area contributed by atoms with Gasteiger partial charge in [0.15, 0.2) is 5.65 Å². The lowest BCUT2D eigenvalue weighted by Gasteiger charge is -2.22. The standard InChI is InChI=1S/C16H16N4S.C6H4/c1-5-11-6-9-21-14(11)13-15(19-16(2,3)4)20-8-7-17-10-12(20)18-13;1-2-5-4-6(5)3-1/h1,6-10,19H,2-4H3;1-4H. The van der Waals surface area contributed by atoms with Gasteiger partial charge in [-0.2, -0.15) is 0 Å². The van der Waals surface area contributed by atoms with Crippen LogP contribution in [0.5, 0.6) is 0 Å². The Labute approximate surface area is 162 Å². The minimum Gasteiger partial charge on any atom is -0.365 e. The summed E-state index contributed by atoms with van der Waals surface area (Å²) in [6, 6.07) is 10.4. The van der Waals surface area contributed by atoms with Gasteiger partial charge in [0.2, 0.25) is 0 Å². The molecule has 0 fully saturated rings. The second kappa shape index (κ2) is 6.57. The fraction of sp³-hybridized carbons (Fsp3) is 0.182. The number of imidazole rings is 1. The minimum absolute atomic E-state index is 0.0818. The van der Waals surface area contributed by atoms with Crippen LogP contribution in [0.25, 0.3) is 27.3 Å². The van der Waals surface area contributed by atoms with Crippen molar-refractivity contribution < 1.29 is 0 Å². The summed E-state index contributed by atoms with van der Waals surface area (Å²) in [7, 11) is 0. The van der Waals surface area contributed by atoms with Crippen molar-refractivity contribution in [2.24, 2.45) is 0 Å². The number of thiophene rings is 1. The quantitative estimate of drug-likeness (QED) is 0.427. The van der Waals surface area contributed by atoms with E-state index in [2.05, 4.69) is 61.3 Å². The van der Waals surface area contributed by atoms with Gasteiger partial charge in [0.05, 0.1) is 11.1 Å². The third-order valence-corrected chi connectivity index (χ3v) is 4.99. The maximum absolute atomic E-state index is 5.59. The first kappa shape index (κ1) is 17.3. The Morgan fingerprint density at radius 2 is 1.96 bits per heavy atom. The normalized spacial score (nSPS) is 11.5. The molecule has 4 nitrogen and oxygen atoms in total. The van der Waals surface area contributed by atoms with E-state index in [0.717, 1.165) is 27.6 Å². The zero-order valence-electron chi connectivity index (χ0n) is 15.5. The van der Waals surface area contributed by atoms with E-state index in [0.29, 0.717) is 0 Å². The largest absolute Gasteiger partial charge is 0.365 e. The molecule has 0 aliphatic heterocycles. The molecule has 27 heavy (non-hydrogen) atoms. The first-order valence-corrected chi connectivity index (χ1v) is 9.59. The maximum Gasteiger partial charge on any atom is 0.157 e. The Bertz CT molecular complexity index is 1140. The Hall–Kier alpha value is -3.10. The number of fused-ring (bicyclic) bond motifs is 2. The van der Waals surface area contributed by atoms with Crippen molar-refractivity contribution in [3.05, 3.63) is 59.9 Å². The minimum atomic E-state index is -0.0818. The highest BCUT2D eigenvalue weighted by Crippen LogP contribution is 2.35. The molecule has 2 aliphatic carbocycles. The number of hydrogen-bond donors (Lipinski definition) is 1. The van der Waals surface area contributed by atoms with E-state index in [1.807, 2.05) is 22.0 Å². The molecule has 0 aromatic carbocycles. The van der Waals surface area contributed by atoms with Crippen LogP contribution < -0.4 is 5.32 Å². The molecule has 0 atom stereocenters. The van der Waals surface area contributed by atoms with Crippen LogP contribution in [0.4, 0.5) is 5.82 Å². The number of nitrogens with one attached hydrogen (secondary N) is 1. The SMILES string of the molecule is C#Cc1ccsc1-c1nc2cnccn2c1NC(C)(C)C.c1cc2cc-2c1. The number of anilines is 1. The molecule has 3 aromatic rings. The molecule has 0 saturated heterocycles. The van der Waals surface area contributed by atoms with Crippen LogP contribution in [-0.4, -0.2) is 19.9 Å². The molecule has 0 saturated carbocycles. The van der Waals surface area contributed by atoms with Crippen LogP contribution >= 0.6 is 11.3 Å². The average molecular weight is 372 g/mol. The smallest absolute Gasteiger partial charge is 0.157 e. The summed E-state index contributed by atoms with van der Waals surface area (Å²) in [6.07, 6.45) is 11.0. The summed E-state index contributed by atoms with van der Waals surface area (Å²) in [4.78, 5) is 9.85. The highest BCUT2D eigenvalue weighted by molar-refractivity contribution is 7.13. The predicted molar refractivity (Wildman–Crippen MR) is 113 cm³/mol. The van der Waals surface area contributed by atoms with Crippen LogP contribution in [0.2, 0.25) is 0 Å². The van der Waals surface area contributed by atoms with E-state index in [1.165, 1.54) is 11.1 Å². The van der Waals surface area contributed by atoms with Crippen molar-refractivity contribution in [1.29, 1.82) is 0 Å². The molecule has 3 heterocycles. The Kier molecular flexibility index (Phi) is 4.21. The Morgan fingerprint density at radius 3 is 2.56 bits per heavy atom. The number of terminal acetylenes is 1. The fourth-order valence-electron chi connectivity index (χ4n) is 2.82. The molecular weight excluding hydrogens is 352 g/mol. The van der Waals surface area contributed by atoms with E-state index >= 15 is 0 Å². The monoisotopic (exact) mass is 372 g/mol. The van der Waals surface area contributed by atoms with Gasteiger partial charge < -0.3 is 5.32 Å². The molecule has 0 spiro atoms. The summed E-state index contributed by atoms with van der Waals surface area (Å²) < 4.78 is 2.01. The Balaban J connectivity index is 0.000000250. The van der Waals surface area contributed by atoms with Gasteiger partial charge in [-0.3, -0.25) is 9.38 Å². The highest BCUT2D eigenvalue weighted by atomic mass is 32.1. The summed E-state index contributed by atoms with van der Waals surface area (Å²) in [5.41, 5.74) is 5.32. The van der Waals surface area contributed by atoms with E-state index in [1.54, 1.807) is 23.7 Å². The van der Waals surface area contributed by atoms with E-state index in [9.17, 15) is 0 Å². The van der Waals surface area contributed by atoms with Gasteiger partial charge >= 0.3 is 0 Å². The molecule has 5 rings (SSSR count). The second-order valence-corrected chi connectivity index (χ2v) is 8.29. The van der Waals surface area contributed by atoms with Crippen molar-refractivity contribution in [3.8, 4) is 34.0 Å². The second-order valence-electron chi connectivity index (χ2n) is 7.38. The summed E-state index contributed by atoms with van der Waals surface area (Å²) in [6.45, 7) is 6.36. The number of rotatable bonds is 2. The summed E-state index contributed by atoms with van der Waals surface area (Å²) in [5, 5.41) is 5.52. The van der Waals surface area contributed by atoms with Gasteiger partial charge in [0.25, 0.3) is 0 Å². The van der Waals surface area contributed by atoms with Crippen molar-refractivity contribution in [3.63, 3.8) is 0 Å². The van der Waals surface area contributed by atoms with Crippen LogP contribution in [0.1, 0.15) is 26.3 Å². The Morgan fingerprint density at radius 1 is 1.19 bits per heavy atom. The predicted octanol–water partition coefficient (Wildman–Crippen LogP) is 5.32. The number of benzene rings is 1. The molecule has 0 amide bonds. The third kappa shape index (κ3) is 3.57. The highest BCUT2D eigenvalue weighted by Gasteiger charge is 2.21. The first-order chi connectivity index (χ1) is 13.0. The summed E-state index contributed by atoms with van der Waals surface area (Å²) >= 11 is 1.60. The molecule has 0 radical (unpaired) electrons. The van der Waals surface area contributed by atoms with E-state index in [4.69, 9.17) is 11.4 Å². The number of nitrogens with zero attached hydrogens (tertiary/aromatic N) is 3. The van der Waals surface area contributed by atoms with Crippen molar-refractivity contribution in [2.75, 3.05) is 5.32 Å².